The summed E-state index contributed by atoms with van der Waals surface area (Å²) in [6, 6.07) is 9.30. The molecule has 0 bridgehead atoms. The van der Waals surface area contributed by atoms with Gasteiger partial charge in [0.25, 0.3) is 0 Å². The van der Waals surface area contributed by atoms with Crippen molar-refractivity contribution >= 4 is 17.6 Å². The minimum Gasteiger partial charge on any atom is -0.488 e. The van der Waals surface area contributed by atoms with Crippen LogP contribution in [-0.2, 0) is 20.4 Å². The minimum atomic E-state index is -4.48. The van der Waals surface area contributed by atoms with E-state index in [0.717, 1.165) is 18.2 Å². The molecule has 0 saturated carbocycles. The fourth-order valence-corrected chi connectivity index (χ4v) is 2.81. The Morgan fingerprint density at radius 1 is 1.10 bits per heavy atom. The van der Waals surface area contributed by atoms with Gasteiger partial charge in [0, 0.05) is 7.11 Å². The van der Waals surface area contributed by atoms with E-state index in [4.69, 9.17) is 30.5 Å². The third kappa shape index (κ3) is 6.81. The molecular formula is C21H22ClF3O5. The van der Waals surface area contributed by atoms with Crippen molar-refractivity contribution in [3.05, 3.63) is 53.1 Å². The van der Waals surface area contributed by atoms with Gasteiger partial charge in [0.05, 0.1) is 23.6 Å². The first kappa shape index (κ1) is 23.8. The average molecular weight is 447 g/mol. The number of hydrogen-bond donors (Lipinski definition) is 0. The van der Waals surface area contributed by atoms with Gasteiger partial charge in [0.1, 0.15) is 29.5 Å². The van der Waals surface area contributed by atoms with Crippen molar-refractivity contribution in [2.24, 2.45) is 0 Å². The number of methoxy groups -OCH3 is 1. The maximum Gasteiger partial charge on any atom is 0.416 e. The minimum absolute atomic E-state index is 0.0547. The number of carbonyl (C=O) groups is 1. The van der Waals surface area contributed by atoms with Crippen LogP contribution in [0.15, 0.2) is 42.5 Å². The SMILES string of the molecule is CCOC(=O)CC(OC)C(C)Oc1ccc(Oc2ccc(C(F)(F)F)cc2Cl)cc1. The van der Waals surface area contributed by atoms with E-state index in [1.807, 2.05) is 0 Å². The zero-order valence-corrected chi connectivity index (χ0v) is 17.4. The molecular weight excluding hydrogens is 425 g/mol. The summed E-state index contributed by atoms with van der Waals surface area (Å²) < 4.78 is 59.7. The van der Waals surface area contributed by atoms with Crippen LogP contribution >= 0.6 is 11.6 Å². The second-order valence-electron chi connectivity index (χ2n) is 6.32. The zero-order chi connectivity index (χ0) is 22.3. The molecule has 2 atom stereocenters. The van der Waals surface area contributed by atoms with E-state index >= 15 is 0 Å². The lowest BCUT2D eigenvalue weighted by atomic mass is 10.1. The molecule has 164 valence electrons. The van der Waals surface area contributed by atoms with Crippen LogP contribution in [0, 0.1) is 0 Å². The number of alkyl halides is 3. The molecule has 0 saturated heterocycles. The number of ether oxygens (including phenoxy) is 4. The summed E-state index contributed by atoms with van der Waals surface area (Å²) in [6.07, 6.45) is -5.36. The molecule has 2 unspecified atom stereocenters. The van der Waals surface area contributed by atoms with Crippen molar-refractivity contribution in [3.8, 4) is 17.2 Å². The smallest absolute Gasteiger partial charge is 0.416 e. The van der Waals surface area contributed by atoms with Gasteiger partial charge in [-0.2, -0.15) is 13.2 Å². The third-order valence-electron chi connectivity index (χ3n) is 4.13. The summed E-state index contributed by atoms with van der Waals surface area (Å²) in [5.74, 6) is 0.586. The Balaban J connectivity index is 2.00. The van der Waals surface area contributed by atoms with E-state index in [9.17, 15) is 18.0 Å². The second-order valence-corrected chi connectivity index (χ2v) is 6.73. The second kappa shape index (κ2) is 10.5. The molecule has 0 radical (unpaired) electrons. The predicted octanol–water partition coefficient (Wildman–Crippen LogP) is 5.89. The molecule has 0 N–H and O–H groups in total. The molecule has 2 aromatic carbocycles. The van der Waals surface area contributed by atoms with Gasteiger partial charge in [0.15, 0.2) is 0 Å². The summed E-state index contributed by atoms with van der Waals surface area (Å²) in [5, 5.41) is -0.152. The maximum atomic E-state index is 12.7. The first-order valence-corrected chi connectivity index (χ1v) is 9.51. The predicted molar refractivity (Wildman–Crippen MR) is 105 cm³/mol. The quantitative estimate of drug-likeness (QED) is 0.450. The van der Waals surface area contributed by atoms with Gasteiger partial charge < -0.3 is 18.9 Å². The Kier molecular flexibility index (Phi) is 8.37. The molecule has 2 aromatic rings. The summed E-state index contributed by atoms with van der Waals surface area (Å²) in [7, 11) is 1.48. The lowest BCUT2D eigenvalue weighted by molar-refractivity contribution is -0.147. The highest BCUT2D eigenvalue weighted by Crippen LogP contribution is 2.36. The number of carbonyl (C=O) groups excluding carboxylic acids is 1. The molecule has 0 aromatic heterocycles. The number of esters is 1. The Morgan fingerprint density at radius 3 is 2.27 bits per heavy atom. The van der Waals surface area contributed by atoms with Crippen molar-refractivity contribution in [1.82, 2.24) is 0 Å². The zero-order valence-electron chi connectivity index (χ0n) is 16.7. The Morgan fingerprint density at radius 2 is 1.73 bits per heavy atom. The van der Waals surface area contributed by atoms with Crippen molar-refractivity contribution < 1.29 is 36.9 Å². The first-order chi connectivity index (χ1) is 14.1. The fourth-order valence-electron chi connectivity index (χ4n) is 2.59. The third-order valence-corrected chi connectivity index (χ3v) is 4.43. The summed E-state index contributed by atoms with van der Waals surface area (Å²) in [4.78, 5) is 11.6. The molecule has 0 amide bonds. The van der Waals surface area contributed by atoms with Crippen LogP contribution in [0.3, 0.4) is 0 Å². The largest absolute Gasteiger partial charge is 0.488 e. The summed E-state index contributed by atoms with van der Waals surface area (Å²) >= 11 is 5.90. The molecule has 9 heteroatoms. The van der Waals surface area contributed by atoms with Gasteiger partial charge in [-0.3, -0.25) is 4.79 Å². The molecule has 0 aliphatic carbocycles. The molecule has 2 rings (SSSR count). The van der Waals surface area contributed by atoms with Gasteiger partial charge in [-0.25, -0.2) is 0 Å². The highest BCUT2D eigenvalue weighted by atomic mass is 35.5. The normalized spacial score (nSPS) is 13.4. The standard InChI is InChI=1S/C21H22ClF3O5/c1-4-28-20(26)12-19(27-3)13(2)29-15-6-8-16(9-7-15)30-18-10-5-14(11-17(18)22)21(23,24)25/h5-11,13,19H,4,12H2,1-3H3. The fraction of sp³-hybridized carbons (Fsp3) is 0.381. The summed E-state index contributed by atoms with van der Waals surface area (Å²) in [6.45, 7) is 3.77. The maximum absolute atomic E-state index is 12.7. The van der Waals surface area contributed by atoms with Gasteiger partial charge in [-0.05, 0) is 56.3 Å². The lowest BCUT2D eigenvalue weighted by Crippen LogP contribution is -2.33. The number of hydrogen-bond acceptors (Lipinski definition) is 5. The van der Waals surface area contributed by atoms with Gasteiger partial charge >= 0.3 is 12.1 Å². The van der Waals surface area contributed by atoms with Crippen LogP contribution in [0.25, 0.3) is 0 Å². The van der Waals surface area contributed by atoms with Crippen molar-refractivity contribution in [2.45, 2.75) is 38.7 Å². The van der Waals surface area contributed by atoms with E-state index in [-0.39, 0.29) is 29.8 Å². The van der Waals surface area contributed by atoms with Crippen LogP contribution in [-0.4, -0.2) is 31.9 Å². The van der Waals surface area contributed by atoms with E-state index < -0.39 is 23.9 Å². The first-order valence-electron chi connectivity index (χ1n) is 9.13. The highest BCUT2D eigenvalue weighted by Gasteiger charge is 2.31. The van der Waals surface area contributed by atoms with E-state index in [1.165, 1.54) is 7.11 Å². The number of rotatable bonds is 9. The van der Waals surface area contributed by atoms with Crippen molar-refractivity contribution in [2.75, 3.05) is 13.7 Å². The number of benzene rings is 2. The van der Waals surface area contributed by atoms with Crippen LogP contribution in [0.5, 0.6) is 17.2 Å². The van der Waals surface area contributed by atoms with Gasteiger partial charge in [-0.1, -0.05) is 11.6 Å². The molecule has 0 spiro atoms. The van der Waals surface area contributed by atoms with Crippen molar-refractivity contribution in [1.29, 1.82) is 0 Å². The number of halogens is 4. The summed E-state index contributed by atoms with van der Waals surface area (Å²) in [5.41, 5.74) is -0.854. The molecule has 30 heavy (non-hydrogen) atoms. The molecule has 5 nitrogen and oxygen atoms in total. The Hall–Kier alpha value is -2.45. The monoisotopic (exact) mass is 446 g/mol. The van der Waals surface area contributed by atoms with Crippen LogP contribution in [0.1, 0.15) is 25.8 Å². The van der Waals surface area contributed by atoms with Crippen LogP contribution in [0.2, 0.25) is 5.02 Å². The van der Waals surface area contributed by atoms with E-state index in [1.54, 1.807) is 38.1 Å². The molecule has 0 aliphatic rings. The van der Waals surface area contributed by atoms with E-state index in [2.05, 4.69) is 0 Å². The Labute approximate surface area is 177 Å². The van der Waals surface area contributed by atoms with Gasteiger partial charge in [-0.15, -0.1) is 0 Å². The Bertz CT molecular complexity index is 840. The lowest BCUT2D eigenvalue weighted by Gasteiger charge is -2.23. The van der Waals surface area contributed by atoms with Gasteiger partial charge in [0.2, 0.25) is 0 Å². The van der Waals surface area contributed by atoms with Crippen LogP contribution in [0.4, 0.5) is 13.2 Å². The topological polar surface area (TPSA) is 54.0 Å². The van der Waals surface area contributed by atoms with E-state index in [0.29, 0.717) is 11.5 Å². The molecule has 0 fully saturated rings. The molecule has 0 aliphatic heterocycles. The molecule has 0 heterocycles. The average Bonchev–Trinajstić information content (AvgIpc) is 2.68. The van der Waals surface area contributed by atoms with Crippen LogP contribution < -0.4 is 9.47 Å². The van der Waals surface area contributed by atoms with Crippen molar-refractivity contribution in [3.63, 3.8) is 0 Å². The highest BCUT2D eigenvalue weighted by molar-refractivity contribution is 6.32.